The van der Waals surface area contributed by atoms with Gasteiger partial charge in [0.2, 0.25) is 5.91 Å². The van der Waals surface area contributed by atoms with E-state index in [0.717, 1.165) is 32.5 Å². The number of hydrogen-bond donors (Lipinski definition) is 1. The average Bonchev–Trinajstić information content (AvgIpc) is 3.08. The van der Waals surface area contributed by atoms with Gasteiger partial charge in [0.15, 0.2) is 0 Å². The minimum Gasteiger partial charge on any atom is -0.385 e. The molecule has 1 amide bonds. The maximum Gasteiger partial charge on any atom is 0.236 e. The first-order chi connectivity index (χ1) is 7.79. The second-order valence-corrected chi connectivity index (χ2v) is 4.29. The van der Waals surface area contributed by atoms with Gasteiger partial charge < -0.3 is 15.0 Å². The van der Waals surface area contributed by atoms with Gasteiger partial charge in [-0.3, -0.25) is 4.79 Å². The molecular formula is C12H24N2O2. The Kier molecular flexibility index (Phi) is 6.42. The van der Waals surface area contributed by atoms with E-state index in [1.165, 1.54) is 12.8 Å². The van der Waals surface area contributed by atoms with Gasteiger partial charge >= 0.3 is 0 Å². The molecule has 0 saturated heterocycles. The molecule has 1 rings (SSSR count). The lowest BCUT2D eigenvalue weighted by molar-refractivity contribution is -0.130. The molecule has 94 valence electrons. The Morgan fingerprint density at radius 3 is 2.75 bits per heavy atom. The van der Waals surface area contributed by atoms with Gasteiger partial charge in [0, 0.05) is 26.3 Å². The van der Waals surface area contributed by atoms with Crippen molar-refractivity contribution < 1.29 is 9.53 Å². The maximum absolute atomic E-state index is 11.8. The lowest BCUT2D eigenvalue weighted by Crippen LogP contribution is -2.39. The lowest BCUT2D eigenvalue weighted by atomic mass is 10.3. The van der Waals surface area contributed by atoms with Crippen LogP contribution in [-0.2, 0) is 9.53 Å². The Morgan fingerprint density at radius 1 is 1.44 bits per heavy atom. The number of likely N-dealkylation sites (N-methyl/N-ethyl adjacent to an activating group) is 1. The number of nitrogens with zero attached hydrogens (tertiary/aromatic N) is 1. The minimum atomic E-state index is 0.247. The van der Waals surface area contributed by atoms with E-state index in [0.29, 0.717) is 12.6 Å². The third kappa shape index (κ3) is 4.94. The zero-order valence-electron chi connectivity index (χ0n) is 10.5. The molecule has 0 atom stereocenters. The van der Waals surface area contributed by atoms with Gasteiger partial charge in [-0.1, -0.05) is 0 Å². The van der Waals surface area contributed by atoms with Crippen LogP contribution < -0.4 is 5.32 Å². The quantitative estimate of drug-likeness (QED) is 0.599. The van der Waals surface area contributed by atoms with Crippen molar-refractivity contribution in [1.29, 1.82) is 0 Å². The molecule has 0 aromatic rings. The zero-order chi connectivity index (χ0) is 11.8. The average molecular weight is 228 g/mol. The molecule has 1 N–H and O–H groups in total. The van der Waals surface area contributed by atoms with Crippen molar-refractivity contribution in [3.8, 4) is 0 Å². The summed E-state index contributed by atoms with van der Waals surface area (Å²) in [6.45, 7) is 5.08. The van der Waals surface area contributed by atoms with Gasteiger partial charge in [-0.25, -0.2) is 0 Å². The molecule has 16 heavy (non-hydrogen) atoms. The number of rotatable bonds is 9. The topological polar surface area (TPSA) is 41.6 Å². The van der Waals surface area contributed by atoms with Gasteiger partial charge in [0.05, 0.1) is 6.54 Å². The van der Waals surface area contributed by atoms with E-state index in [4.69, 9.17) is 4.74 Å². The second-order valence-electron chi connectivity index (χ2n) is 4.29. The Balaban J connectivity index is 2.00. The first-order valence-electron chi connectivity index (χ1n) is 6.28. The molecule has 0 aromatic heterocycles. The summed E-state index contributed by atoms with van der Waals surface area (Å²) in [6.07, 6.45) is 4.50. The highest BCUT2D eigenvalue weighted by atomic mass is 16.5. The molecule has 1 aliphatic rings. The molecule has 4 heteroatoms. The summed E-state index contributed by atoms with van der Waals surface area (Å²) >= 11 is 0. The predicted molar refractivity (Wildman–Crippen MR) is 64.4 cm³/mol. The van der Waals surface area contributed by atoms with Crippen LogP contribution in [0.2, 0.25) is 0 Å². The monoisotopic (exact) mass is 228 g/mol. The van der Waals surface area contributed by atoms with Crippen molar-refractivity contribution in [3.63, 3.8) is 0 Å². The standard InChI is InChI=1S/C12H24N2O2/c1-3-14(11-6-7-11)12(15)10-13-8-4-5-9-16-2/h11,13H,3-10H2,1-2H3. The lowest BCUT2D eigenvalue weighted by Gasteiger charge is -2.20. The van der Waals surface area contributed by atoms with Gasteiger partial charge in [-0.2, -0.15) is 0 Å². The van der Waals surface area contributed by atoms with E-state index in [2.05, 4.69) is 12.2 Å². The number of methoxy groups -OCH3 is 1. The van der Waals surface area contributed by atoms with Crippen LogP contribution in [-0.4, -0.2) is 50.2 Å². The molecule has 0 aliphatic heterocycles. The van der Waals surface area contributed by atoms with Gasteiger partial charge in [-0.05, 0) is 39.2 Å². The molecule has 0 heterocycles. The highest BCUT2D eigenvalue weighted by Gasteiger charge is 2.30. The largest absolute Gasteiger partial charge is 0.385 e. The molecule has 1 fully saturated rings. The van der Waals surface area contributed by atoms with Gasteiger partial charge in [0.25, 0.3) is 0 Å². The molecule has 1 saturated carbocycles. The molecule has 4 nitrogen and oxygen atoms in total. The number of nitrogens with one attached hydrogen (secondary N) is 1. The van der Waals surface area contributed by atoms with Crippen LogP contribution in [0.25, 0.3) is 0 Å². The number of hydrogen-bond acceptors (Lipinski definition) is 3. The van der Waals surface area contributed by atoms with E-state index in [1.54, 1.807) is 7.11 Å². The summed E-state index contributed by atoms with van der Waals surface area (Å²) in [5, 5.41) is 3.19. The van der Waals surface area contributed by atoms with Crippen LogP contribution in [0, 0.1) is 0 Å². The highest BCUT2D eigenvalue weighted by molar-refractivity contribution is 5.78. The van der Waals surface area contributed by atoms with Crippen molar-refractivity contribution >= 4 is 5.91 Å². The summed E-state index contributed by atoms with van der Waals surface area (Å²) in [7, 11) is 1.71. The molecular weight excluding hydrogens is 204 g/mol. The SMILES string of the molecule is CCN(C(=O)CNCCCCOC)C1CC1. The summed E-state index contributed by atoms with van der Waals surface area (Å²) in [5.41, 5.74) is 0. The fraction of sp³-hybridized carbons (Fsp3) is 0.917. The summed E-state index contributed by atoms with van der Waals surface area (Å²) in [5.74, 6) is 0.247. The Hall–Kier alpha value is -0.610. The number of carbonyl (C=O) groups is 1. The van der Waals surface area contributed by atoms with Crippen molar-refractivity contribution in [2.24, 2.45) is 0 Å². The van der Waals surface area contributed by atoms with Crippen molar-refractivity contribution in [1.82, 2.24) is 10.2 Å². The summed E-state index contributed by atoms with van der Waals surface area (Å²) < 4.78 is 4.96. The van der Waals surface area contributed by atoms with Crippen LogP contribution >= 0.6 is 0 Å². The van der Waals surface area contributed by atoms with Crippen molar-refractivity contribution in [2.75, 3.05) is 33.4 Å². The van der Waals surface area contributed by atoms with Crippen LogP contribution in [0.15, 0.2) is 0 Å². The van der Waals surface area contributed by atoms with Gasteiger partial charge in [-0.15, -0.1) is 0 Å². The second kappa shape index (κ2) is 7.63. The maximum atomic E-state index is 11.8. The molecule has 0 aromatic carbocycles. The fourth-order valence-electron chi connectivity index (χ4n) is 1.82. The van der Waals surface area contributed by atoms with Crippen LogP contribution in [0.1, 0.15) is 32.6 Å². The zero-order valence-corrected chi connectivity index (χ0v) is 10.5. The first-order valence-corrected chi connectivity index (χ1v) is 6.28. The number of carbonyl (C=O) groups excluding carboxylic acids is 1. The highest BCUT2D eigenvalue weighted by Crippen LogP contribution is 2.26. The van der Waals surface area contributed by atoms with E-state index in [1.807, 2.05) is 4.90 Å². The number of amides is 1. The first kappa shape index (κ1) is 13.5. The molecule has 0 radical (unpaired) electrons. The van der Waals surface area contributed by atoms with Crippen LogP contribution in [0.5, 0.6) is 0 Å². The number of unbranched alkanes of at least 4 members (excludes halogenated alkanes) is 1. The van der Waals surface area contributed by atoms with Crippen molar-refractivity contribution in [3.05, 3.63) is 0 Å². The molecule has 0 bridgehead atoms. The third-order valence-electron chi connectivity index (χ3n) is 2.88. The van der Waals surface area contributed by atoms with Crippen LogP contribution in [0.3, 0.4) is 0 Å². The smallest absolute Gasteiger partial charge is 0.236 e. The molecule has 1 aliphatic carbocycles. The van der Waals surface area contributed by atoms with E-state index < -0.39 is 0 Å². The van der Waals surface area contributed by atoms with E-state index in [-0.39, 0.29) is 5.91 Å². The summed E-state index contributed by atoms with van der Waals surface area (Å²) in [4.78, 5) is 13.8. The Morgan fingerprint density at radius 2 is 2.19 bits per heavy atom. The van der Waals surface area contributed by atoms with E-state index >= 15 is 0 Å². The fourth-order valence-corrected chi connectivity index (χ4v) is 1.82. The van der Waals surface area contributed by atoms with Gasteiger partial charge in [0.1, 0.15) is 0 Å². The van der Waals surface area contributed by atoms with Crippen LogP contribution in [0.4, 0.5) is 0 Å². The molecule has 0 spiro atoms. The van der Waals surface area contributed by atoms with Crippen molar-refractivity contribution in [2.45, 2.75) is 38.6 Å². The Labute approximate surface area is 98.3 Å². The normalized spacial score (nSPS) is 15.1. The predicted octanol–water partition coefficient (Wildman–Crippen LogP) is 1.01. The Bertz CT molecular complexity index is 205. The summed E-state index contributed by atoms with van der Waals surface area (Å²) in [6, 6.07) is 0.535. The minimum absolute atomic E-state index is 0.247. The molecule has 0 unspecified atom stereocenters. The number of ether oxygens (including phenoxy) is 1. The third-order valence-corrected chi connectivity index (χ3v) is 2.88. The van der Waals surface area contributed by atoms with E-state index in [9.17, 15) is 4.79 Å².